The summed E-state index contributed by atoms with van der Waals surface area (Å²) >= 11 is 0. The van der Waals surface area contributed by atoms with E-state index in [1.165, 1.54) is 19.3 Å². The lowest BCUT2D eigenvalue weighted by molar-refractivity contribution is 0.000269. The van der Waals surface area contributed by atoms with Gasteiger partial charge >= 0.3 is 6.09 Å². The highest BCUT2D eigenvalue weighted by atomic mass is 16.6. The summed E-state index contributed by atoms with van der Waals surface area (Å²) in [5.41, 5.74) is -0.397. The summed E-state index contributed by atoms with van der Waals surface area (Å²) < 4.78 is 5.49. The molecule has 1 saturated heterocycles. The van der Waals surface area contributed by atoms with Gasteiger partial charge < -0.3 is 15.0 Å². The van der Waals surface area contributed by atoms with E-state index in [0.717, 1.165) is 19.5 Å². The van der Waals surface area contributed by atoms with Crippen LogP contribution < -0.4 is 5.32 Å². The van der Waals surface area contributed by atoms with Crippen LogP contribution in [0.1, 0.15) is 46.5 Å². The van der Waals surface area contributed by atoms with E-state index in [1.807, 2.05) is 25.7 Å². The first-order valence-electron chi connectivity index (χ1n) is 6.70. The molecule has 2 fully saturated rings. The predicted octanol–water partition coefficient (Wildman–Crippen LogP) is 2.14. The van der Waals surface area contributed by atoms with Crippen LogP contribution in [0.5, 0.6) is 0 Å². The van der Waals surface area contributed by atoms with E-state index in [2.05, 4.69) is 5.32 Å². The molecular weight excluding hydrogens is 216 g/mol. The van der Waals surface area contributed by atoms with Crippen molar-refractivity contribution < 1.29 is 9.53 Å². The highest BCUT2D eigenvalue weighted by Gasteiger charge is 2.37. The molecule has 98 valence electrons. The maximum absolute atomic E-state index is 12.1. The van der Waals surface area contributed by atoms with E-state index < -0.39 is 5.60 Å². The highest BCUT2D eigenvalue weighted by Crippen LogP contribution is 2.26. The van der Waals surface area contributed by atoms with Gasteiger partial charge in [0.15, 0.2) is 0 Å². The van der Waals surface area contributed by atoms with Crippen LogP contribution >= 0.6 is 0 Å². The minimum Gasteiger partial charge on any atom is -0.444 e. The third kappa shape index (κ3) is 3.12. The number of piperazine rings is 1. The average Bonchev–Trinajstić information content (AvgIpc) is 2.26. The van der Waals surface area contributed by atoms with Crippen LogP contribution in [-0.4, -0.2) is 41.8 Å². The van der Waals surface area contributed by atoms with Crippen molar-refractivity contribution in [3.63, 3.8) is 0 Å². The number of hydrogen-bond donors (Lipinski definition) is 1. The maximum Gasteiger partial charge on any atom is 0.410 e. The summed E-state index contributed by atoms with van der Waals surface area (Å²) in [6.45, 7) is 7.43. The molecular formula is C13H24N2O2. The van der Waals surface area contributed by atoms with E-state index in [0.29, 0.717) is 12.1 Å². The monoisotopic (exact) mass is 240 g/mol. The van der Waals surface area contributed by atoms with Gasteiger partial charge in [0, 0.05) is 19.1 Å². The second-order valence-electron chi connectivity index (χ2n) is 6.09. The molecule has 0 bridgehead atoms. The van der Waals surface area contributed by atoms with Crippen LogP contribution in [0.25, 0.3) is 0 Å². The van der Waals surface area contributed by atoms with Gasteiger partial charge in [0.05, 0.1) is 6.04 Å². The van der Waals surface area contributed by atoms with Gasteiger partial charge in [-0.3, -0.25) is 0 Å². The zero-order valence-corrected chi connectivity index (χ0v) is 11.2. The first-order chi connectivity index (χ1) is 7.97. The molecule has 2 aliphatic rings. The number of nitrogens with zero attached hydrogens (tertiary/aromatic N) is 1. The first-order valence-corrected chi connectivity index (χ1v) is 6.70. The van der Waals surface area contributed by atoms with Crippen LogP contribution in [0.3, 0.4) is 0 Å². The van der Waals surface area contributed by atoms with Gasteiger partial charge in [-0.25, -0.2) is 4.79 Å². The van der Waals surface area contributed by atoms with Gasteiger partial charge in [0.1, 0.15) is 5.60 Å². The molecule has 4 nitrogen and oxygen atoms in total. The Morgan fingerprint density at radius 1 is 1.29 bits per heavy atom. The van der Waals surface area contributed by atoms with Crippen molar-refractivity contribution in [1.29, 1.82) is 0 Å². The Labute approximate surface area is 104 Å². The molecule has 1 saturated carbocycles. The number of carbonyl (C=O) groups excluding carboxylic acids is 1. The fraction of sp³-hybridized carbons (Fsp3) is 0.923. The molecule has 17 heavy (non-hydrogen) atoms. The van der Waals surface area contributed by atoms with E-state index >= 15 is 0 Å². The normalized spacial score (nSPS) is 29.7. The summed E-state index contributed by atoms with van der Waals surface area (Å²) in [5.74, 6) is 0. The number of hydrogen-bond acceptors (Lipinski definition) is 3. The Kier molecular flexibility index (Phi) is 3.61. The molecule has 0 aromatic carbocycles. The van der Waals surface area contributed by atoms with Crippen molar-refractivity contribution in [3.8, 4) is 0 Å². The number of carbonyl (C=O) groups is 1. The largest absolute Gasteiger partial charge is 0.444 e. The zero-order valence-electron chi connectivity index (χ0n) is 11.2. The average molecular weight is 240 g/mol. The Balaban J connectivity index is 2.01. The Hall–Kier alpha value is -0.770. The fourth-order valence-corrected chi connectivity index (χ4v) is 2.81. The SMILES string of the molecule is CC(C)(C)OC(=O)N1CCN[C@@H]2CCCC[C@@H]21. The molecule has 1 aliphatic heterocycles. The Bertz CT molecular complexity index is 284. The van der Waals surface area contributed by atoms with Crippen LogP contribution in [0.4, 0.5) is 4.79 Å². The molecule has 1 heterocycles. The maximum atomic E-state index is 12.1. The molecule has 0 spiro atoms. The number of fused-ring (bicyclic) bond motifs is 1. The number of nitrogens with one attached hydrogen (secondary N) is 1. The van der Waals surface area contributed by atoms with Crippen molar-refractivity contribution in [3.05, 3.63) is 0 Å². The van der Waals surface area contributed by atoms with Gasteiger partial charge in [0.2, 0.25) is 0 Å². The van der Waals surface area contributed by atoms with Gasteiger partial charge in [-0.15, -0.1) is 0 Å². The molecule has 1 amide bonds. The van der Waals surface area contributed by atoms with Crippen LogP contribution in [0, 0.1) is 0 Å². The van der Waals surface area contributed by atoms with Gasteiger partial charge in [0.25, 0.3) is 0 Å². The Morgan fingerprint density at radius 2 is 2.00 bits per heavy atom. The molecule has 0 radical (unpaired) electrons. The summed E-state index contributed by atoms with van der Waals surface area (Å²) in [4.78, 5) is 14.1. The lowest BCUT2D eigenvalue weighted by atomic mass is 9.88. The second kappa shape index (κ2) is 4.84. The van der Waals surface area contributed by atoms with E-state index in [9.17, 15) is 4.79 Å². The first kappa shape index (κ1) is 12.7. The van der Waals surface area contributed by atoms with Crippen molar-refractivity contribution in [1.82, 2.24) is 10.2 Å². The minimum absolute atomic E-state index is 0.143. The molecule has 1 N–H and O–H groups in total. The van der Waals surface area contributed by atoms with Gasteiger partial charge in [-0.05, 0) is 33.6 Å². The van der Waals surface area contributed by atoms with Gasteiger partial charge in [-0.2, -0.15) is 0 Å². The third-order valence-corrected chi connectivity index (χ3v) is 3.52. The molecule has 2 rings (SSSR count). The predicted molar refractivity (Wildman–Crippen MR) is 67.0 cm³/mol. The summed E-state index contributed by atoms with van der Waals surface area (Å²) in [7, 11) is 0. The van der Waals surface area contributed by atoms with Gasteiger partial charge in [-0.1, -0.05) is 12.8 Å². The highest BCUT2D eigenvalue weighted by molar-refractivity contribution is 5.69. The smallest absolute Gasteiger partial charge is 0.410 e. The fourth-order valence-electron chi connectivity index (χ4n) is 2.81. The van der Waals surface area contributed by atoms with E-state index in [1.54, 1.807) is 0 Å². The summed E-state index contributed by atoms with van der Waals surface area (Å²) in [6, 6.07) is 0.817. The summed E-state index contributed by atoms with van der Waals surface area (Å²) in [6.07, 6.45) is 4.65. The van der Waals surface area contributed by atoms with Crippen molar-refractivity contribution in [2.24, 2.45) is 0 Å². The topological polar surface area (TPSA) is 41.6 Å². The van der Waals surface area contributed by atoms with Crippen LogP contribution in [0.2, 0.25) is 0 Å². The molecule has 0 aromatic rings. The Morgan fingerprint density at radius 3 is 2.71 bits per heavy atom. The third-order valence-electron chi connectivity index (χ3n) is 3.52. The van der Waals surface area contributed by atoms with Crippen LogP contribution in [-0.2, 0) is 4.74 Å². The summed E-state index contributed by atoms with van der Waals surface area (Å²) in [5, 5.41) is 3.52. The van der Waals surface area contributed by atoms with Crippen molar-refractivity contribution in [2.75, 3.05) is 13.1 Å². The molecule has 0 unspecified atom stereocenters. The van der Waals surface area contributed by atoms with E-state index in [4.69, 9.17) is 4.74 Å². The number of amides is 1. The molecule has 4 heteroatoms. The van der Waals surface area contributed by atoms with Crippen molar-refractivity contribution in [2.45, 2.75) is 64.1 Å². The number of rotatable bonds is 0. The lowest BCUT2D eigenvalue weighted by Crippen LogP contribution is -2.61. The standard InChI is InChI=1S/C13H24N2O2/c1-13(2,3)17-12(16)15-9-8-14-10-6-4-5-7-11(10)15/h10-11,14H,4-9H2,1-3H3/t10-,11+/m1/s1. The molecule has 0 aromatic heterocycles. The lowest BCUT2D eigenvalue weighted by Gasteiger charge is -2.44. The number of ether oxygens (including phenoxy) is 1. The zero-order chi connectivity index (χ0) is 12.5. The van der Waals surface area contributed by atoms with E-state index in [-0.39, 0.29) is 6.09 Å². The van der Waals surface area contributed by atoms with Crippen molar-refractivity contribution >= 4 is 6.09 Å². The molecule has 1 aliphatic carbocycles. The second-order valence-corrected chi connectivity index (χ2v) is 6.09. The van der Waals surface area contributed by atoms with Crippen LogP contribution in [0.15, 0.2) is 0 Å². The molecule has 2 atom stereocenters. The quantitative estimate of drug-likeness (QED) is 0.705. The minimum atomic E-state index is -0.397.